The number of aryl methyl sites for hydroxylation is 1. The van der Waals surface area contributed by atoms with Crippen molar-refractivity contribution in [1.29, 1.82) is 0 Å². The molecule has 3 aromatic rings. The van der Waals surface area contributed by atoms with E-state index in [1.54, 1.807) is 12.4 Å². The van der Waals surface area contributed by atoms with Gasteiger partial charge in [0, 0.05) is 55.1 Å². The number of nitrogens with one attached hydrogen (secondary N) is 1. The molecule has 1 unspecified atom stereocenters. The molecule has 0 saturated carbocycles. The van der Waals surface area contributed by atoms with Crippen LogP contribution in [0.2, 0.25) is 0 Å². The number of carbonyl (C=O) groups excluding carboxylic acids is 2. The lowest BCUT2D eigenvalue weighted by Gasteiger charge is -2.34. The minimum absolute atomic E-state index is 0.0324. The molecule has 1 N–H and O–H groups in total. The van der Waals surface area contributed by atoms with Gasteiger partial charge in [-0.1, -0.05) is 24.3 Å². The highest BCUT2D eigenvalue weighted by Crippen LogP contribution is 2.36. The molecular weight excluding hydrogens is 414 g/mol. The van der Waals surface area contributed by atoms with Crippen LogP contribution in [0.15, 0.2) is 55.0 Å². The number of benzene rings is 1. The Balaban J connectivity index is 1.43. The highest BCUT2D eigenvalue weighted by molar-refractivity contribution is 5.90. The summed E-state index contributed by atoms with van der Waals surface area (Å²) in [6.07, 6.45) is 8.14. The van der Waals surface area contributed by atoms with Crippen molar-refractivity contribution >= 4 is 11.8 Å². The van der Waals surface area contributed by atoms with E-state index in [-0.39, 0.29) is 23.8 Å². The zero-order chi connectivity index (χ0) is 22.8. The predicted octanol–water partition coefficient (Wildman–Crippen LogP) is 3.50. The maximum absolute atomic E-state index is 12.8. The Morgan fingerprint density at radius 2 is 1.85 bits per heavy atom. The second kappa shape index (κ2) is 9.10. The summed E-state index contributed by atoms with van der Waals surface area (Å²) in [7, 11) is 0. The molecule has 2 aromatic heterocycles. The molecule has 2 aliphatic heterocycles. The fourth-order valence-corrected chi connectivity index (χ4v) is 4.82. The van der Waals surface area contributed by atoms with E-state index in [0.29, 0.717) is 31.8 Å². The lowest BCUT2D eigenvalue weighted by atomic mass is 9.87. The van der Waals surface area contributed by atoms with E-state index in [2.05, 4.69) is 34.3 Å². The first-order valence-corrected chi connectivity index (χ1v) is 11.5. The normalized spacial score (nSPS) is 18.9. The predicted molar refractivity (Wildman–Crippen MR) is 125 cm³/mol. The molecule has 2 saturated heterocycles. The van der Waals surface area contributed by atoms with Crippen molar-refractivity contribution in [2.75, 3.05) is 13.1 Å². The summed E-state index contributed by atoms with van der Waals surface area (Å²) in [5.41, 5.74) is 5.28. The molecule has 0 aliphatic carbocycles. The molecule has 5 rings (SSSR count). The molecule has 168 valence electrons. The summed E-state index contributed by atoms with van der Waals surface area (Å²) in [6.45, 7) is 3.43. The first kappa shape index (κ1) is 21.2. The molecule has 0 spiro atoms. The second-order valence-electron chi connectivity index (χ2n) is 8.81. The minimum Gasteiger partial charge on any atom is -0.344 e. The van der Waals surface area contributed by atoms with Crippen molar-refractivity contribution in [3.8, 4) is 22.5 Å². The van der Waals surface area contributed by atoms with Crippen LogP contribution in [-0.4, -0.2) is 50.8 Å². The summed E-state index contributed by atoms with van der Waals surface area (Å²) in [6, 6.07) is 11.8. The van der Waals surface area contributed by atoms with E-state index >= 15 is 0 Å². The van der Waals surface area contributed by atoms with Gasteiger partial charge in [-0.05, 0) is 49.4 Å². The van der Waals surface area contributed by atoms with Crippen LogP contribution in [0.3, 0.4) is 0 Å². The Hall–Kier alpha value is -3.61. The zero-order valence-electron chi connectivity index (χ0n) is 18.7. The summed E-state index contributed by atoms with van der Waals surface area (Å²) in [5, 5.41) is 2.80. The third kappa shape index (κ3) is 4.35. The molecule has 2 fully saturated rings. The number of nitrogens with zero attached hydrogens (tertiary/aromatic N) is 4. The van der Waals surface area contributed by atoms with Crippen LogP contribution >= 0.6 is 0 Å². The van der Waals surface area contributed by atoms with Crippen molar-refractivity contribution in [3.05, 3.63) is 66.2 Å². The average Bonchev–Trinajstić information content (AvgIpc) is 3.30. The van der Waals surface area contributed by atoms with Crippen LogP contribution < -0.4 is 5.32 Å². The maximum atomic E-state index is 12.8. The molecule has 2 amide bonds. The lowest BCUT2D eigenvalue weighted by Crippen LogP contribution is -2.47. The average molecular weight is 442 g/mol. The van der Waals surface area contributed by atoms with E-state index in [9.17, 15) is 9.59 Å². The van der Waals surface area contributed by atoms with Gasteiger partial charge in [-0.25, -0.2) is 9.97 Å². The standard InChI is InChI=1S/C26H27N5O2/c1-17-5-2-3-7-20(17)21-16-28-25(19-6-4-12-27-15-19)30-24(21)18-10-13-31(14-11-18)26(33)22-8-9-23(32)29-22/h2-7,12,15-16,18,22H,8-11,13-14H2,1H3,(H,29,32). The topological polar surface area (TPSA) is 88.1 Å². The van der Waals surface area contributed by atoms with Crippen molar-refractivity contribution in [3.63, 3.8) is 0 Å². The Kier molecular flexibility index (Phi) is 5.86. The lowest BCUT2D eigenvalue weighted by molar-refractivity contribution is -0.135. The molecule has 2 aliphatic rings. The van der Waals surface area contributed by atoms with Crippen LogP contribution in [-0.2, 0) is 9.59 Å². The molecule has 4 heterocycles. The summed E-state index contributed by atoms with van der Waals surface area (Å²) in [4.78, 5) is 40.2. The first-order chi connectivity index (χ1) is 16.1. The zero-order valence-corrected chi connectivity index (χ0v) is 18.7. The third-order valence-corrected chi connectivity index (χ3v) is 6.66. The Bertz CT molecular complexity index is 1170. The van der Waals surface area contributed by atoms with Gasteiger partial charge in [0.05, 0.1) is 5.69 Å². The number of pyridine rings is 1. The van der Waals surface area contributed by atoms with Crippen LogP contribution in [0.1, 0.15) is 42.9 Å². The highest BCUT2D eigenvalue weighted by Gasteiger charge is 2.34. The summed E-state index contributed by atoms with van der Waals surface area (Å²) < 4.78 is 0. The number of hydrogen-bond acceptors (Lipinski definition) is 5. The molecule has 1 atom stereocenters. The number of aromatic nitrogens is 3. The van der Waals surface area contributed by atoms with Gasteiger partial charge in [0.15, 0.2) is 5.82 Å². The smallest absolute Gasteiger partial charge is 0.245 e. The first-order valence-electron chi connectivity index (χ1n) is 11.5. The van der Waals surface area contributed by atoms with Crippen molar-refractivity contribution in [2.24, 2.45) is 0 Å². The largest absolute Gasteiger partial charge is 0.344 e. The van der Waals surface area contributed by atoms with Gasteiger partial charge in [0.25, 0.3) is 0 Å². The van der Waals surface area contributed by atoms with E-state index in [1.807, 2.05) is 35.4 Å². The second-order valence-corrected chi connectivity index (χ2v) is 8.81. The van der Waals surface area contributed by atoms with Crippen molar-refractivity contribution in [1.82, 2.24) is 25.2 Å². The molecule has 7 heteroatoms. The molecule has 0 bridgehead atoms. The monoisotopic (exact) mass is 441 g/mol. The number of amides is 2. The Morgan fingerprint density at radius 1 is 1.03 bits per heavy atom. The van der Waals surface area contributed by atoms with Gasteiger partial charge in [-0.2, -0.15) is 0 Å². The van der Waals surface area contributed by atoms with E-state index < -0.39 is 0 Å². The van der Waals surface area contributed by atoms with Crippen LogP contribution in [0.4, 0.5) is 0 Å². The molecule has 0 radical (unpaired) electrons. The fraction of sp³-hybridized carbons (Fsp3) is 0.346. The van der Waals surface area contributed by atoms with Gasteiger partial charge >= 0.3 is 0 Å². The highest BCUT2D eigenvalue weighted by atomic mass is 16.2. The van der Waals surface area contributed by atoms with Gasteiger partial charge in [-0.3, -0.25) is 14.6 Å². The van der Waals surface area contributed by atoms with E-state index in [0.717, 1.165) is 35.2 Å². The van der Waals surface area contributed by atoms with Gasteiger partial charge < -0.3 is 10.2 Å². The van der Waals surface area contributed by atoms with Crippen LogP contribution in [0.25, 0.3) is 22.5 Å². The number of hydrogen-bond donors (Lipinski definition) is 1. The Labute approximate surface area is 193 Å². The molecule has 7 nitrogen and oxygen atoms in total. The third-order valence-electron chi connectivity index (χ3n) is 6.66. The van der Waals surface area contributed by atoms with Gasteiger partial charge in [0.2, 0.25) is 11.8 Å². The van der Waals surface area contributed by atoms with Crippen LogP contribution in [0.5, 0.6) is 0 Å². The van der Waals surface area contributed by atoms with E-state index in [1.165, 1.54) is 5.56 Å². The Morgan fingerprint density at radius 3 is 2.55 bits per heavy atom. The summed E-state index contributed by atoms with van der Waals surface area (Å²) >= 11 is 0. The molecule has 1 aromatic carbocycles. The maximum Gasteiger partial charge on any atom is 0.245 e. The van der Waals surface area contributed by atoms with E-state index in [4.69, 9.17) is 4.98 Å². The van der Waals surface area contributed by atoms with Crippen molar-refractivity contribution in [2.45, 2.75) is 44.6 Å². The molecule has 33 heavy (non-hydrogen) atoms. The SMILES string of the molecule is Cc1ccccc1-c1cnc(-c2cccnc2)nc1C1CCN(C(=O)C2CCC(=O)N2)CC1. The number of carbonyl (C=O) groups is 2. The van der Waals surface area contributed by atoms with Gasteiger partial charge in [0.1, 0.15) is 6.04 Å². The van der Waals surface area contributed by atoms with Gasteiger partial charge in [-0.15, -0.1) is 0 Å². The fourth-order valence-electron chi connectivity index (χ4n) is 4.82. The minimum atomic E-state index is -0.368. The number of rotatable bonds is 4. The van der Waals surface area contributed by atoms with Crippen LogP contribution in [0, 0.1) is 6.92 Å². The quantitative estimate of drug-likeness (QED) is 0.670. The number of likely N-dealkylation sites (tertiary alicyclic amines) is 1. The summed E-state index contributed by atoms with van der Waals surface area (Å²) in [5.74, 6) is 0.898. The van der Waals surface area contributed by atoms with Crippen molar-refractivity contribution < 1.29 is 9.59 Å². The number of piperidine rings is 1. The molecular formula is C26H27N5O2.